The van der Waals surface area contributed by atoms with Crippen LogP contribution < -0.4 is 20.1 Å². The van der Waals surface area contributed by atoms with Crippen LogP contribution in [0, 0.1) is 11.6 Å². The van der Waals surface area contributed by atoms with Gasteiger partial charge in [0.05, 0.1) is 18.1 Å². The topological polar surface area (TPSA) is 103 Å². The maximum Gasteiger partial charge on any atom is 0.319 e. The van der Waals surface area contributed by atoms with Crippen LogP contribution in [0.25, 0.3) is 32.9 Å². The molecule has 2 fully saturated rings. The van der Waals surface area contributed by atoms with Gasteiger partial charge in [-0.3, -0.25) is 4.90 Å². The van der Waals surface area contributed by atoms with Crippen molar-refractivity contribution in [3.05, 3.63) is 71.4 Å². The molecule has 9 nitrogen and oxygen atoms in total. The minimum atomic E-state index is -0.929. The Bertz CT molecular complexity index is 2060. The number of benzene rings is 2. The molecule has 2 saturated heterocycles. The van der Waals surface area contributed by atoms with Crippen molar-refractivity contribution < 1.29 is 22.6 Å². The number of hydrogen-bond donors (Lipinski definition) is 1. The van der Waals surface area contributed by atoms with Gasteiger partial charge in [0, 0.05) is 30.3 Å². The Kier molecular flexibility index (Phi) is 7.50. The molecule has 2 N–H and O–H groups in total. The number of rotatable bonds is 7. The van der Waals surface area contributed by atoms with Gasteiger partial charge in [-0.15, -0.1) is 0 Å². The molecule has 12 heteroatoms. The van der Waals surface area contributed by atoms with Gasteiger partial charge in [-0.1, -0.05) is 37.3 Å². The highest BCUT2D eigenvalue weighted by Crippen LogP contribution is 2.44. The van der Waals surface area contributed by atoms with Gasteiger partial charge in [0.2, 0.25) is 5.88 Å². The molecule has 248 valence electrons. The quantitative estimate of drug-likeness (QED) is 0.208. The van der Waals surface area contributed by atoms with E-state index in [9.17, 15) is 4.39 Å². The van der Waals surface area contributed by atoms with Gasteiger partial charge in [-0.25, -0.2) is 23.1 Å². The van der Waals surface area contributed by atoms with Crippen LogP contribution in [0.15, 0.2) is 48.7 Å². The molecule has 0 spiro atoms. The summed E-state index contributed by atoms with van der Waals surface area (Å²) in [6, 6.07) is 11.9. The molecule has 0 saturated carbocycles. The van der Waals surface area contributed by atoms with Gasteiger partial charge in [-0.2, -0.15) is 9.97 Å². The van der Waals surface area contributed by atoms with Crippen LogP contribution in [0.3, 0.4) is 0 Å². The first-order valence-electron chi connectivity index (χ1n) is 16.5. The molecule has 5 aromatic rings. The molecule has 0 unspecified atom stereocenters. The largest absolute Gasteiger partial charge is 0.475 e. The Morgan fingerprint density at radius 3 is 2.79 bits per heavy atom. The summed E-state index contributed by atoms with van der Waals surface area (Å²) in [6.45, 7) is 5.78. The Labute approximate surface area is 275 Å². The van der Waals surface area contributed by atoms with Crippen molar-refractivity contribution in [1.29, 1.82) is 0 Å². The first kappa shape index (κ1) is 30.6. The smallest absolute Gasteiger partial charge is 0.319 e. The van der Waals surface area contributed by atoms with Crippen LogP contribution >= 0.6 is 0 Å². The fourth-order valence-electron chi connectivity index (χ4n) is 7.95. The van der Waals surface area contributed by atoms with Crippen molar-refractivity contribution >= 4 is 33.3 Å². The molecule has 2 aromatic carbocycles. The van der Waals surface area contributed by atoms with E-state index in [1.165, 1.54) is 6.07 Å². The van der Waals surface area contributed by atoms with E-state index in [0.29, 0.717) is 59.5 Å². The fraction of sp³-hybridized carbons (Fsp3) is 0.389. The molecule has 0 bridgehead atoms. The van der Waals surface area contributed by atoms with Crippen LogP contribution in [0.2, 0.25) is 0 Å². The van der Waals surface area contributed by atoms with E-state index in [-0.39, 0.29) is 48.2 Å². The number of aryl methyl sites for hydroxylation is 1. The van der Waals surface area contributed by atoms with Gasteiger partial charge >= 0.3 is 6.01 Å². The molecule has 0 aliphatic carbocycles. The van der Waals surface area contributed by atoms with Gasteiger partial charge in [0.1, 0.15) is 53.4 Å². The van der Waals surface area contributed by atoms with Crippen molar-refractivity contribution in [1.82, 2.24) is 24.8 Å². The minimum Gasteiger partial charge on any atom is -0.475 e. The molecule has 3 aliphatic heterocycles. The molecule has 3 atom stereocenters. The molecule has 6 heterocycles. The molecule has 48 heavy (non-hydrogen) atoms. The molecular weight excluding hydrogens is 619 g/mol. The van der Waals surface area contributed by atoms with Gasteiger partial charge in [0.25, 0.3) is 0 Å². The number of nitrogen functional groups attached to an aromatic ring is 1. The van der Waals surface area contributed by atoms with E-state index in [1.54, 1.807) is 24.4 Å². The van der Waals surface area contributed by atoms with E-state index in [1.807, 2.05) is 36.9 Å². The SMILES string of the molecule is CCc1c(F)ccc2cccc(-c3nc4c5c(nc(OC[C@@]67CCCN6C[C@H](F)C7)nc5c3F)N([C@H](C)c3cccnc3N)CCO4)c12. The number of ether oxygens (including phenoxy) is 2. The van der Waals surface area contributed by atoms with Crippen molar-refractivity contribution in [3.63, 3.8) is 0 Å². The van der Waals surface area contributed by atoms with E-state index in [2.05, 4.69) is 14.9 Å². The third-order valence-electron chi connectivity index (χ3n) is 10.3. The van der Waals surface area contributed by atoms with Crippen LogP contribution in [0.4, 0.5) is 24.8 Å². The van der Waals surface area contributed by atoms with Crippen LogP contribution in [0.5, 0.6) is 11.9 Å². The number of fused-ring (bicyclic) bond motifs is 2. The zero-order chi connectivity index (χ0) is 33.2. The summed E-state index contributed by atoms with van der Waals surface area (Å²) in [6.07, 6.45) is 3.23. The van der Waals surface area contributed by atoms with E-state index < -0.39 is 17.5 Å². The fourth-order valence-corrected chi connectivity index (χ4v) is 7.95. The lowest BCUT2D eigenvalue weighted by atomic mass is 9.95. The second-order valence-corrected chi connectivity index (χ2v) is 13.0. The molecular formula is C36H36F3N7O2. The predicted octanol–water partition coefficient (Wildman–Crippen LogP) is 6.58. The lowest BCUT2D eigenvalue weighted by Crippen LogP contribution is -2.43. The van der Waals surface area contributed by atoms with Gasteiger partial charge < -0.3 is 20.1 Å². The summed E-state index contributed by atoms with van der Waals surface area (Å²) >= 11 is 0. The zero-order valence-corrected chi connectivity index (χ0v) is 26.8. The number of anilines is 2. The van der Waals surface area contributed by atoms with Gasteiger partial charge in [0.15, 0.2) is 5.82 Å². The lowest BCUT2D eigenvalue weighted by Gasteiger charge is -2.32. The van der Waals surface area contributed by atoms with Crippen molar-refractivity contribution in [2.24, 2.45) is 0 Å². The Balaban J connectivity index is 1.33. The molecule has 0 amide bonds. The molecule has 0 radical (unpaired) electrons. The second kappa shape index (κ2) is 11.8. The highest BCUT2D eigenvalue weighted by atomic mass is 19.1. The summed E-state index contributed by atoms with van der Waals surface area (Å²) in [5.41, 5.74) is 7.48. The van der Waals surface area contributed by atoms with Crippen LogP contribution in [-0.2, 0) is 6.42 Å². The first-order valence-corrected chi connectivity index (χ1v) is 16.5. The summed E-state index contributed by atoms with van der Waals surface area (Å²) in [5.74, 6) is -0.153. The van der Waals surface area contributed by atoms with Crippen molar-refractivity contribution in [2.45, 2.75) is 57.3 Å². The summed E-state index contributed by atoms with van der Waals surface area (Å²) in [5, 5.41) is 1.65. The second-order valence-electron chi connectivity index (χ2n) is 13.0. The third-order valence-corrected chi connectivity index (χ3v) is 10.3. The molecule has 3 aliphatic rings. The van der Waals surface area contributed by atoms with Crippen LogP contribution in [0.1, 0.15) is 50.3 Å². The number of nitrogens with zero attached hydrogens (tertiary/aromatic N) is 6. The normalized spacial score (nSPS) is 21.4. The Morgan fingerprint density at radius 1 is 1.08 bits per heavy atom. The van der Waals surface area contributed by atoms with Crippen molar-refractivity contribution in [3.8, 4) is 23.1 Å². The minimum absolute atomic E-state index is 0.00590. The number of hydrogen-bond acceptors (Lipinski definition) is 9. The molecule has 3 aromatic heterocycles. The summed E-state index contributed by atoms with van der Waals surface area (Å²) in [4.78, 5) is 22.6. The van der Waals surface area contributed by atoms with Crippen molar-refractivity contribution in [2.75, 3.05) is 43.5 Å². The Hall–Kier alpha value is -4.71. The maximum atomic E-state index is 17.1. The number of aromatic nitrogens is 4. The lowest BCUT2D eigenvalue weighted by molar-refractivity contribution is 0.107. The third kappa shape index (κ3) is 4.87. The summed E-state index contributed by atoms with van der Waals surface area (Å²) in [7, 11) is 0. The van der Waals surface area contributed by atoms with E-state index in [4.69, 9.17) is 25.2 Å². The number of alkyl halides is 1. The molecule has 8 rings (SSSR count). The van der Waals surface area contributed by atoms with Gasteiger partial charge in [-0.05, 0) is 61.2 Å². The number of halogens is 3. The highest BCUT2D eigenvalue weighted by molar-refractivity contribution is 6.02. The number of nitrogens with two attached hydrogens (primary N) is 1. The van der Waals surface area contributed by atoms with Crippen LogP contribution in [-0.4, -0.2) is 69.4 Å². The predicted molar refractivity (Wildman–Crippen MR) is 178 cm³/mol. The Morgan fingerprint density at radius 2 is 1.96 bits per heavy atom. The zero-order valence-electron chi connectivity index (χ0n) is 26.8. The number of pyridine rings is 2. The highest BCUT2D eigenvalue weighted by Gasteiger charge is 2.49. The van der Waals surface area contributed by atoms with E-state index >= 15 is 8.78 Å². The average Bonchev–Trinajstić information content (AvgIpc) is 3.55. The monoisotopic (exact) mass is 655 g/mol. The summed E-state index contributed by atoms with van der Waals surface area (Å²) < 4.78 is 59.3. The maximum absolute atomic E-state index is 17.1. The van der Waals surface area contributed by atoms with E-state index in [0.717, 1.165) is 30.3 Å². The average molecular weight is 656 g/mol. The standard InChI is InChI=1S/C36H36F3N7O2/c1-3-23-26(38)11-10-21-7-4-8-25(27(21)23)30-29(39)31-28-33(44-35(43-31)48-19-36-12-6-14-45(36)18-22(37)17-36)46(15-16-47-34(28)42-30)20(2)24-9-5-13-41-32(24)40/h4-5,7-11,13,20,22H,3,6,12,14-19H2,1-2H3,(H2,40,41)/t20-,22-,36+/m1/s1. The first-order chi connectivity index (χ1) is 23.3.